The molecular weight excluding hydrogens is 496 g/mol. The van der Waals surface area contributed by atoms with Gasteiger partial charge in [-0.15, -0.1) is 0 Å². The molecule has 0 aromatic heterocycles. The maximum absolute atomic E-state index is 13.8. The molecule has 1 saturated heterocycles. The molecule has 7 nitrogen and oxygen atoms in total. The van der Waals surface area contributed by atoms with E-state index in [-0.39, 0.29) is 29.4 Å². The van der Waals surface area contributed by atoms with E-state index in [2.05, 4.69) is 52.7 Å². The van der Waals surface area contributed by atoms with Gasteiger partial charge < -0.3 is 10.2 Å². The molecule has 8 heteroatoms. The van der Waals surface area contributed by atoms with E-state index in [1.165, 1.54) is 5.56 Å². The average Bonchev–Trinajstić information content (AvgIpc) is 2.92. The number of nitrogens with one attached hydrogen (secondary N) is 2. The molecule has 0 bridgehead atoms. The third kappa shape index (κ3) is 5.92. The average molecular weight is 539 g/mol. The van der Waals surface area contributed by atoms with Crippen molar-refractivity contribution in [2.45, 2.75) is 81.8 Å². The number of nitrogens with zero attached hydrogens (tertiary/aromatic N) is 2. The first-order valence-electron chi connectivity index (χ1n) is 14.1. The minimum absolute atomic E-state index is 0.0337. The van der Waals surface area contributed by atoms with Gasteiger partial charge >= 0.3 is 0 Å². The normalized spacial score (nSPS) is 24.9. The van der Waals surface area contributed by atoms with Crippen LogP contribution in [-0.4, -0.2) is 61.9 Å². The van der Waals surface area contributed by atoms with E-state index in [0.29, 0.717) is 30.6 Å². The Bertz CT molecular complexity index is 1230. The van der Waals surface area contributed by atoms with E-state index in [0.717, 1.165) is 50.3 Å². The quantitative estimate of drug-likeness (QED) is 0.583. The van der Waals surface area contributed by atoms with Gasteiger partial charge in [0.15, 0.2) is 0 Å². The van der Waals surface area contributed by atoms with Crippen molar-refractivity contribution in [1.82, 2.24) is 14.5 Å². The zero-order valence-corrected chi connectivity index (χ0v) is 23.8. The Morgan fingerprint density at radius 3 is 2.45 bits per heavy atom. The predicted molar refractivity (Wildman–Crippen MR) is 152 cm³/mol. The van der Waals surface area contributed by atoms with Gasteiger partial charge in [-0.05, 0) is 88.6 Å². The topological polar surface area (TPSA) is 81.8 Å². The van der Waals surface area contributed by atoms with Crippen LogP contribution in [0.5, 0.6) is 0 Å². The highest BCUT2D eigenvalue weighted by molar-refractivity contribution is 7.89. The summed E-state index contributed by atoms with van der Waals surface area (Å²) in [5, 5.41) is 3.33. The lowest BCUT2D eigenvalue weighted by Gasteiger charge is -2.48. The van der Waals surface area contributed by atoms with E-state index in [1.807, 2.05) is 24.3 Å². The molecule has 2 aromatic carbocycles. The highest BCUT2D eigenvalue weighted by atomic mass is 32.2. The number of rotatable bonds is 5. The molecule has 1 unspecified atom stereocenters. The van der Waals surface area contributed by atoms with Crippen LogP contribution >= 0.6 is 0 Å². The minimum Gasteiger partial charge on any atom is -0.385 e. The second-order valence-corrected chi connectivity index (χ2v) is 13.8. The molecule has 0 spiro atoms. The van der Waals surface area contributed by atoms with E-state index < -0.39 is 10.0 Å². The van der Waals surface area contributed by atoms with Crippen LogP contribution in [0.2, 0.25) is 0 Å². The van der Waals surface area contributed by atoms with Crippen molar-refractivity contribution >= 4 is 21.6 Å². The maximum atomic E-state index is 13.8. The number of carbonyl (C=O) groups excluding carboxylic acids is 1. The molecular formula is C30H42N4O3S. The molecule has 2 fully saturated rings. The zero-order chi connectivity index (χ0) is 26.9. The van der Waals surface area contributed by atoms with Gasteiger partial charge in [0.2, 0.25) is 15.9 Å². The van der Waals surface area contributed by atoms with Gasteiger partial charge in [0.05, 0.1) is 10.9 Å². The second-order valence-electron chi connectivity index (χ2n) is 12.1. The fraction of sp³-hybridized carbons (Fsp3) is 0.567. The molecule has 2 heterocycles. The third-order valence-corrected chi connectivity index (χ3v) is 10.0. The molecule has 1 atom stereocenters. The maximum Gasteiger partial charge on any atom is 0.240 e. The van der Waals surface area contributed by atoms with Gasteiger partial charge in [-0.1, -0.05) is 30.3 Å². The van der Waals surface area contributed by atoms with E-state index in [1.54, 1.807) is 12.1 Å². The van der Waals surface area contributed by atoms with Crippen molar-refractivity contribution in [3.8, 4) is 0 Å². The first-order valence-corrected chi connectivity index (χ1v) is 15.6. The molecule has 0 radical (unpaired) electrons. The zero-order valence-electron chi connectivity index (χ0n) is 22.9. The van der Waals surface area contributed by atoms with Crippen molar-refractivity contribution in [2.75, 3.05) is 31.5 Å². The van der Waals surface area contributed by atoms with Crippen LogP contribution in [0, 0.1) is 5.92 Å². The number of aryl methyl sites for hydroxylation is 1. The van der Waals surface area contributed by atoms with Crippen molar-refractivity contribution in [3.05, 3.63) is 59.7 Å². The Morgan fingerprint density at radius 2 is 1.74 bits per heavy atom. The van der Waals surface area contributed by atoms with Gasteiger partial charge in [-0.25, -0.2) is 13.1 Å². The van der Waals surface area contributed by atoms with Gasteiger partial charge in [-0.3, -0.25) is 9.69 Å². The van der Waals surface area contributed by atoms with Crippen LogP contribution in [-0.2, 0) is 21.2 Å². The number of hydrogen-bond donors (Lipinski definition) is 2. The molecule has 1 saturated carbocycles. The first kappa shape index (κ1) is 27.2. The fourth-order valence-corrected chi connectivity index (χ4v) is 7.57. The third-order valence-electron chi connectivity index (χ3n) is 8.52. The van der Waals surface area contributed by atoms with Crippen LogP contribution in [0.4, 0.5) is 5.69 Å². The van der Waals surface area contributed by atoms with Crippen LogP contribution in [0.3, 0.4) is 0 Å². The van der Waals surface area contributed by atoms with E-state index in [9.17, 15) is 13.2 Å². The number of fused-ring (bicyclic) bond motifs is 1. The summed E-state index contributed by atoms with van der Waals surface area (Å²) in [5.74, 6) is 0.161. The largest absolute Gasteiger partial charge is 0.385 e. The Balaban J connectivity index is 1.22. The Hall–Kier alpha value is -2.42. The Morgan fingerprint density at radius 1 is 1.00 bits per heavy atom. The number of amides is 1. The number of sulfonamides is 1. The molecule has 206 valence electrons. The lowest BCUT2D eigenvalue weighted by molar-refractivity contribution is -0.143. The standard InChI is InChI=1S/C30H42N4O3S/c1-30(2,3)33-18-19-34(28(21-33)22-8-5-4-6-9-22)29(35)23-11-13-25(14-12-23)32-38(36,37)26-15-16-27-24(20-26)10-7-17-31-27/h4-6,8-9,15-16,20,23,25,28,31-32H,7,10-14,17-19,21H2,1-3H3. The lowest BCUT2D eigenvalue weighted by atomic mass is 9.84. The van der Waals surface area contributed by atoms with Gasteiger partial charge in [-0.2, -0.15) is 0 Å². The van der Waals surface area contributed by atoms with Gasteiger partial charge in [0.1, 0.15) is 0 Å². The summed E-state index contributed by atoms with van der Waals surface area (Å²) in [6, 6.07) is 15.6. The molecule has 1 amide bonds. The second kappa shape index (κ2) is 11.0. The fourth-order valence-electron chi connectivity index (χ4n) is 6.22. The van der Waals surface area contributed by atoms with Crippen molar-refractivity contribution in [2.24, 2.45) is 5.92 Å². The van der Waals surface area contributed by atoms with Crippen LogP contribution in [0.15, 0.2) is 53.4 Å². The number of piperazine rings is 1. The molecule has 38 heavy (non-hydrogen) atoms. The summed E-state index contributed by atoms with van der Waals surface area (Å²) < 4.78 is 29.2. The summed E-state index contributed by atoms with van der Waals surface area (Å²) in [6.45, 7) is 10.0. The smallest absolute Gasteiger partial charge is 0.240 e. The predicted octanol–water partition coefficient (Wildman–Crippen LogP) is 4.57. The lowest BCUT2D eigenvalue weighted by Crippen LogP contribution is -2.57. The summed E-state index contributed by atoms with van der Waals surface area (Å²) in [4.78, 5) is 18.7. The molecule has 2 N–H and O–H groups in total. The first-order chi connectivity index (χ1) is 18.1. The van der Waals surface area contributed by atoms with Crippen LogP contribution in [0.1, 0.15) is 70.0 Å². The van der Waals surface area contributed by atoms with Crippen LogP contribution < -0.4 is 10.0 Å². The molecule has 2 aromatic rings. The number of hydrogen-bond acceptors (Lipinski definition) is 5. The highest BCUT2D eigenvalue weighted by Crippen LogP contribution is 2.34. The minimum atomic E-state index is -3.60. The number of benzene rings is 2. The monoisotopic (exact) mass is 538 g/mol. The van der Waals surface area contributed by atoms with Crippen molar-refractivity contribution in [1.29, 1.82) is 0 Å². The Kier molecular flexibility index (Phi) is 7.85. The highest BCUT2D eigenvalue weighted by Gasteiger charge is 2.39. The molecule has 3 aliphatic rings. The van der Waals surface area contributed by atoms with Crippen molar-refractivity contribution < 1.29 is 13.2 Å². The molecule has 5 rings (SSSR count). The summed E-state index contributed by atoms with van der Waals surface area (Å²) >= 11 is 0. The number of anilines is 1. The van der Waals surface area contributed by atoms with E-state index in [4.69, 9.17) is 0 Å². The summed E-state index contributed by atoms with van der Waals surface area (Å²) in [6.07, 6.45) is 4.69. The molecule has 2 aliphatic heterocycles. The van der Waals surface area contributed by atoms with Crippen LogP contribution in [0.25, 0.3) is 0 Å². The van der Waals surface area contributed by atoms with Crippen molar-refractivity contribution in [3.63, 3.8) is 0 Å². The Labute approximate surface area is 228 Å². The van der Waals surface area contributed by atoms with E-state index >= 15 is 0 Å². The van der Waals surface area contributed by atoms with Gasteiger partial charge in [0.25, 0.3) is 0 Å². The SMILES string of the molecule is CC(C)(C)N1CCN(C(=O)C2CCC(NS(=O)(=O)c3ccc4c(c3)CCCN4)CC2)C(c2ccccc2)C1. The van der Waals surface area contributed by atoms with Gasteiger partial charge in [0, 0.05) is 49.4 Å². The summed E-state index contributed by atoms with van der Waals surface area (Å²) in [5.41, 5.74) is 3.32. The molecule has 1 aliphatic carbocycles. The number of carbonyl (C=O) groups is 1. The summed E-state index contributed by atoms with van der Waals surface area (Å²) in [7, 11) is -3.60.